The second-order valence-corrected chi connectivity index (χ2v) is 6.21. The number of pyridine rings is 1. The molecule has 144 valence electrons. The fourth-order valence-electron chi connectivity index (χ4n) is 2.71. The lowest BCUT2D eigenvalue weighted by Gasteiger charge is -2.12. The summed E-state index contributed by atoms with van der Waals surface area (Å²) in [4.78, 5) is 41.2. The molecular weight excluding hydrogens is 360 g/mol. The van der Waals surface area contributed by atoms with E-state index < -0.39 is 18.0 Å². The highest BCUT2D eigenvalue weighted by molar-refractivity contribution is 5.97. The molecule has 2 aromatic heterocycles. The smallest absolute Gasteiger partial charge is 0.339 e. The van der Waals surface area contributed by atoms with E-state index in [1.807, 2.05) is 18.2 Å². The molecule has 1 N–H and O–H groups in total. The summed E-state index contributed by atoms with van der Waals surface area (Å²) in [5.41, 5.74) is 1.32. The highest BCUT2D eigenvalue weighted by Crippen LogP contribution is 2.14. The van der Waals surface area contributed by atoms with Crippen molar-refractivity contribution in [1.29, 1.82) is 0 Å². The van der Waals surface area contributed by atoms with Crippen LogP contribution in [0.3, 0.4) is 0 Å². The van der Waals surface area contributed by atoms with Crippen LogP contribution < -0.4 is 10.9 Å². The first-order chi connectivity index (χ1) is 13.4. The van der Waals surface area contributed by atoms with Gasteiger partial charge in [-0.15, -0.1) is 0 Å². The van der Waals surface area contributed by atoms with Crippen LogP contribution in [0.15, 0.2) is 59.7 Å². The number of amides is 1. The third kappa shape index (κ3) is 3.71. The van der Waals surface area contributed by atoms with Crippen LogP contribution in [0.2, 0.25) is 0 Å². The molecule has 1 atom stereocenters. The van der Waals surface area contributed by atoms with Crippen molar-refractivity contribution >= 4 is 17.6 Å². The topological polar surface area (TPSA) is 95.2 Å². The monoisotopic (exact) mass is 380 g/mol. The lowest BCUT2D eigenvalue weighted by atomic mass is 10.2. The Hall–Kier alpha value is -3.68. The summed E-state index contributed by atoms with van der Waals surface area (Å²) in [5.74, 6) is -1.23. The van der Waals surface area contributed by atoms with Crippen molar-refractivity contribution < 1.29 is 14.3 Å². The first-order valence-corrected chi connectivity index (χ1v) is 8.66. The zero-order valence-electron chi connectivity index (χ0n) is 15.7. The number of benzene rings is 1. The molecule has 3 aromatic rings. The van der Waals surface area contributed by atoms with Gasteiger partial charge in [0.25, 0.3) is 11.5 Å². The second kappa shape index (κ2) is 7.91. The Balaban J connectivity index is 1.79. The van der Waals surface area contributed by atoms with Crippen LogP contribution in [-0.2, 0) is 16.6 Å². The van der Waals surface area contributed by atoms with Crippen LogP contribution in [0.5, 0.6) is 0 Å². The Morgan fingerprint density at radius 1 is 1.11 bits per heavy atom. The van der Waals surface area contributed by atoms with Gasteiger partial charge in [-0.2, -0.15) is 0 Å². The largest absolute Gasteiger partial charge is 0.449 e. The van der Waals surface area contributed by atoms with E-state index in [1.165, 1.54) is 36.1 Å². The number of carbonyl (C=O) groups excluding carboxylic acids is 2. The number of esters is 1. The molecular formula is C20H20N4O4. The van der Waals surface area contributed by atoms with Gasteiger partial charge in [0, 0.05) is 19.4 Å². The van der Waals surface area contributed by atoms with E-state index >= 15 is 0 Å². The van der Waals surface area contributed by atoms with Crippen molar-refractivity contribution in [3.05, 3.63) is 76.5 Å². The van der Waals surface area contributed by atoms with Gasteiger partial charge in [-0.1, -0.05) is 18.2 Å². The van der Waals surface area contributed by atoms with E-state index in [9.17, 15) is 14.4 Å². The minimum Gasteiger partial charge on any atom is -0.449 e. The molecule has 28 heavy (non-hydrogen) atoms. The van der Waals surface area contributed by atoms with Crippen LogP contribution in [0.1, 0.15) is 23.0 Å². The van der Waals surface area contributed by atoms with Crippen LogP contribution >= 0.6 is 0 Å². The van der Waals surface area contributed by atoms with Crippen molar-refractivity contribution in [2.75, 3.05) is 5.32 Å². The van der Waals surface area contributed by atoms with Gasteiger partial charge in [0.05, 0.1) is 16.9 Å². The van der Waals surface area contributed by atoms with Crippen molar-refractivity contribution in [1.82, 2.24) is 14.3 Å². The lowest BCUT2D eigenvalue weighted by Crippen LogP contribution is -2.32. The normalized spacial score (nSPS) is 11.7. The molecule has 8 nitrogen and oxygen atoms in total. The van der Waals surface area contributed by atoms with Gasteiger partial charge in [0.2, 0.25) is 0 Å². The predicted octanol–water partition coefficient (Wildman–Crippen LogP) is 2.06. The SMILES string of the molecule is Cc1c(NC(=O)[C@@H](C)OC(=O)c2ccncc2)c(=O)n(-c2ccccc2)n1C. The molecule has 1 amide bonds. The molecule has 3 rings (SSSR count). The number of nitrogens with one attached hydrogen (secondary N) is 1. The van der Waals surface area contributed by atoms with Crippen molar-refractivity contribution in [3.63, 3.8) is 0 Å². The second-order valence-electron chi connectivity index (χ2n) is 6.21. The fraction of sp³-hybridized carbons (Fsp3) is 0.200. The van der Waals surface area contributed by atoms with Gasteiger partial charge >= 0.3 is 5.97 Å². The number of para-hydroxylation sites is 1. The van der Waals surface area contributed by atoms with Gasteiger partial charge in [-0.3, -0.25) is 19.3 Å². The van der Waals surface area contributed by atoms with Crippen molar-refractivity contribution in [3.8, 4) is 5.69 Å². The minimum absolute atomic E-state index is 0.142. The zero-order chi connectivity index (χ0) is 20.3. The fourth-order valence-corrected chi connectivity index (χ4v) is 2.71. The molecule has 0 unspecified atom stereocenters. The number of carbonyl (C=O) groups is 2. The molecule has 0 radical (unpaired) electrons. The summed E-state index contributed by atoms with van der Waals surface area (Å²) in [5, 5.41) is 2.58. The Kier molecular flexibility index (Phi) is 5.39. The first-order valence-electron chi connectivity index (χ1n) is 8.66. The summed E-state index contributed by atoms with van der Waals surface area (Å²) >= 11 is 0. The van der Waals surface area contributed by atoms with E-state index in [2.05, 4.69) is 10.3 Å². The molecule has 0 bridgehead atoms. The minimum atomic E-state index is -1.08. The average molecular weight is 380 g/mol. The number of hydrogen-bond donors (Lipinski definition) is 1. The average Bonchev–Trinajstić information content (AvgIpc) is 2.92. The number of nitrogens with zero attached hydrogens (tertiary/aromatic N) is 3. The maximum Gasteiger partial charge on any atom is 0.339 e. The predicted molar refractivity (Wildman–Crippen MR) is 103 cm³/mol. The van der Waals surface area contributed by atoms with Crippen LogP contribution in [0, 0.1) is 6.92 Å². The molecule has 0 aliphatic rings. The maximum atomic E-state index is 12.8. The van der Waals surface area contributed by atoms with Crippen molar-refractivity contribution in [2.24, 2.45) is 7.05 Å². The molecule has 0 saturated heterocycles. The summed E-state index contributed by atoms with van der Waals surface area (Å²) in [7, 11) is 1.73. The van der Waals surface area contributed by atoms with Gasteiger partial charge < -0.3 is 10.1 Å². The van der Waals surface area contributed by atoms with Gasteiger partial charge in [0.1, 0.15) is 5.69 Å². The standard InChI is InChI=1S/C20H20N4O4/c1-13-17(19(26)24(23(13)3)16-7-5-4-6-8-16)22-18(25)14(2)28-20(27)15-9-11-21-12-10-15/h4-12,14H,1-3H3,(H,22,25)/t14-/m1/s1. The van der Waals surface area contributed by atoms with Gasteiger partial charge in [-0.25, -0.2) is 9.48 Å². The van der Waals surface area contributed by atoms with Gasteiger partial charge in [0.15, 0.2) is 6.10 Å². The number of aromatic nitrogens is 3. The van der Waals surface area contributed by atoms with E-state index in [0.29, 0.717) is 11.4 Å². The summed E-state index contributed by atoms with van der Waals surface area (Å²) in [6.45, 7) is 3.17. The summed E-state index contributed by atoms with van der Waals surface area (Å²) in [6, 6.07) is 12.1. The maximum absolute atomic E-state index is 12.8. The summed E-state index contributed by atoms with van der Waals surface area (Å²) < 4.78 is 8.29. The van der Waals surface area contributed by atoms with E-state index in [-0.39, 0.29) is 16.8 Å². The molecule has 0 fully saturated rings. The highest BCUT2D eigenvalue weighted by Gasteiger charge is 2.23. The third-order valence-electron chi connectivity index (χ3n) is 4.37. The quantitative estimate of drug-likeness (QED) is 0.684. The van der Waals surface area contributed by atoms with Crippen LogP contribution in [0.4, 0.5) is 5.69 Å². The van der Waals surface area contributed by atoms with E-state index in [4.69, 9.17) is 4.74 Å². The van der Waals surface area contributed by atoms with Gasteiger partial charge in [-0.05, 0) is 38.1 Å². The van der Waals surface area contributed by atoms with Crippen LogP contribution in [-0.4, -0.2) is 32.3 Å². The third-order valence-corrected chi connectivity index (χ3v) is 4.37. The molecule has 8 heteroatoms. The number of hydrogen-bond acceptors (Lipinski definition) is 5. The molecule has 0 aliphatic carbocycles. The molecule has 0 saturated carbocycles. The number of ether oxygens (including phenoxy) is 1. The molecule has 0 aliphatic heterocycles. The number of rotatable bonds is 5. The zero-order valence-corrected chi connectivity index (χ0v) is 15.7. The first kappa shape index (κ1) is 19.1. The van der Waals surface area contributed by atoms with E-state index in [0.717, 1.165) is 0 Å². The highest BCUT2D eigenvalue weighted by atomic mass is 16.5. The summed E-state index contributed by atoms with van der Waals surface area (Å²) in [6.07, 6.45) is 1.84. The molecule has 1 aromatic carbocycles. The Morgan fingerprint density at radius 2 is 1.75 bits per heavy atom. The Labute approximate surface area is 161 Å². The molecule has 0 spiro atoms. The van der Waals surface area contributed by atoms with E-state index in [1.54, 1.807) is 30.8 Å². The van der Waals surface area contributed by atoms with Crippen molar-refractivity contribution in [2.45, 2.75) is 20.0 Å². The number of anilines is 1. The Bertz CT molecular complexity index is 1060. The Morgan fingerprint density at radius 3 is 2.39 bits per heavy atom. The molecule has 2 heterocycles. The van der Waals surface area contributed by atoms with Crippen LogP contribution in [0.25, 0.3) is 5.69 Å². The lowest BCUT2D eigenvalue weighted by molar-refractivity contribution is -0.123.